The molecular weight excluding hydrogens is 235 g/mol. The van der Waals surface area contributed by atoms with Crippen LogP contribution < -0.4 is 15.4 Å². The minimum Gasteiger partial charge on any atom is -0.494 e. The molecule has 1 heterocycles. The summed E-state index contributed by atoms with van der Waals surface area (Å²) in [5.41, 5.74) is 0.559. The van der Waals surface area contributed by atoms with Crippen molar-refractivity contribution >= 4 is 11.6 Å². The Kier molecular flexibility index (Phi) is 4.15. The SMILES string of the molecule is COc1cc(NC(=O)[C@@H]2CCCNC2)ccc1F. The Bertz CT molecular complexity index is 431. The van der Waals surface area contributed by atoms with Gasteiger partial charge in [0.15, 0.2) is 11.6 Å². The van der Waals surface area contributed by atoms with Gasteiger partial charge < -0.3 is 15.4 Å². The average Bonchev–Trinajstić information content (AvgIpc) is 2.42. The smallest absolute Gasteiger partial charge is 0.228 e. The molecule has 1 aliphatic rings. The van der Waals surface area contributed by atoms with E-state index in [1.165, 1.54) is 25.3 Å². The van der Waals surface area contributed by atoms with Crippen LogP contribution in [0, 0.1) is 11.7 Å². The Hall–Kier alpha value is -1.62. The zero-order valence-corrected chi connectivity index (χ0v) is 10.3. The summed E-state index contributed by atoms with van der Waals surface area (Å²) < 4.78 is 18.1. The number of amides is 1. The summed E-state index contributed by atoms with van der Waals surface area (Å²) in [5, 5.41) is 5.98. The summed E-state index contributed by atoms with van der Waals surface area (Å²) in [7, 11) is 1.40. The molecule has 0 radical (unpaired) electrons. The van der Waals surface area contributed by atoms with Gasteiger partial charge in [-0.15, -0.1) is 0 Å². The molecule has 18 heavy (non-hydrogen) atoms. The van der Waals surface area contributed by atoms with Crippen molar-refractivity contribution in [3.05, 3.63) is 24.0 Å². The second-order valence-corrected chi connectivity index (χ2v) is 4.38. The fraction of sp³-hybridized carbons (Fsp3) is 0.462. The highest BCUT2D eigenvalue weighted by Crippen LogP contribution is 2.22. The maximum Gasteiger partial charge on any atom is 0.228 e. The molecule has 0 unspecified atom stereocenters. The van der Waals surface area contributed by atoms with Crippen molar-refractivity contribution in [2.24, 2.45) is 5.92 Å². The summed E-state index contributed by atoms with van der Waals surface area (Å²) in [6, 6.07) is 4.31. The number of nitrogens with one attached hydrogen (secondary N) is 2. The van der Waals surface area contributed by atoms with Gasteiger partial charge in [-0.05, 0) is 31.5 Å². The molecule has 2 N–H and O–H groups in total. The van der Waals surface area contributed by atoms with E-state index >= 15 is 0 Å². The fourth-order valence-corrected chi connectivity index (χ4v) is 2.06. The standard InChI is InChI=1S/C13H17FN2O2/c1-18-12-7-10(4-5-11(12)14)16-13(17)9-3-2-6-15-8-9/h4-5,7,9,15H,2-3,6,8H2,1H3,(H,16,17)/t9-/m1/s1. The largest absolute Gasteiger partial charge is 0.494 e. The second kappa shape index (κ2) is 5.82. The van der Waals surface area contributed by atoms with Crippen LogP contribution in [0.4, 0.5) is 10.1 Å². The van der Waals surface area contributed by atoms with Gasteiger partial charge in [0.1, 0.15) is 0 Å². The molecule has 1 saturated heterocycles. The van der Waals surface area contributed by atoms with Crippen molar-refractivity contribution < 1.29 is 13.9 Å². The van der Waals surface area contributed by atoms with Gasteiger partial charge in [-0.3, -0.25) is 4.79 Å². The summed E-state index contributed by atoms with van der Waals surface area (Å²) in [6.45, 7) is 1.66. The number of methoxy groups -OCH3 is 1. The van der Waals surface area contributed by atoms with E-state index in [2.05, 4.69) is 10.6 Å². The Morgan fingerprint density at radius 3 is 3.06 bits per heavy atom. The Labute approximate surface area is 106 Å². The number of hydrogen-bond acceptors (Lipinski definition) is 3. The molecule has 4 nitrogen and oxygen atoms in total. The summed E-state index contributed by atoms with van der Waals surface area (Å²) in [6.07, 6.45) is 1.89. The molecule has 1 atom stereocenters. The zero-order valence-electron chi connectivity index (χ0n) is 10.3. The van der Waals surface area contributed by atoms with E-state index in [0.717, 1.165) is 19.4 Å². The Morgan fingerprint density at radius 1 is 1.56 bits per heavy atom. The van der Waals surface area contributed by atoms with Crippen molar-refractivity contribution in [1.29, 1.82) is 0 Å². The predicted molar refractivity (Wildman–Crippen MR) is 67.2 cm³/mol. The number of hydrogen-bond donors (Lipinski definition) is 2. The van der Waals surface area contributed by atoms with E-state index in [1.807, 2.05) is 0 Å². The van der Waals surface area contributed by atoms with Crippen LogP contribution in [-0.4, -0.2) is 26.1 Å². The lowest BCUT2D eigenvalue weighted by molar-refractivity contribution is -0.120. The molecule has 1 aliphatic heterocycles. The number of anilines is 1. The first-order valence-corrected chi connectivity index (χ1v) is 6.06. The lowest BCUT2D eigenvalue weighted by atomic mass is 9.99. The Balaban J connectivity index is 2.02. The van der Waals surface area contributed by atoms with Crippen LogP contribution in [0.2, 0.25) is 0 Å². The van der Waals surface area contributed by atoms with Crippen molar-refractivity contribution in [2.75, 3.05) is 25.5 Å². The minimum atomic E-state index is -0.435. The van der Waals surface area contributed by atoms with Gasteiger partial charge in [0.05, 0.1) is 13.0 Å². The van der Waals surface area contributed by atoms with Crippen molar-refractivity contribution in [1.82, 2.24) is 5.32 Å². The van der Waals surface area contributed by atoms with Crippen LogP contribution in [-0.2, 0) is 4.79 Å². The number of piperidine rings is 1. The Morgan fingerprint density at radius 2 is 2.39 bits per heavy atom. The number of benzene rings is 1. The molecule has 5 heteroatoms. The number of ether oxygens (including phenoxy) is 1. The van der Waals surface area contributed by atoms with Crippen molar-refractivity contribution in [3.63, 3.8) is 0 Å². The maximum atomic E-state index is 13.2. The first-order chi connectivity index (χ1) is 8.70. The average molecular weight is 252 g/mol. The van der Waals surface area contributed by atoms with Gasteiger partial charge in [-0.1, -0.05) is 0 Å². The van der Waals surface area contributed by atoms with Gasteiger partial charge >= 0.3 is 0 Å². The lowest BCUT2D eigenvalue weighted by Gasteiger charge is -2.22. The summed E-state index contributed by atoms with van der Waals surface area (Å²) in [4.78, 5) is 12.0. The van der Waals surface area contributed by atoms with Gasteiger partial charge in [0, 0.05) is 18.3 Å². The highest BCUT2D eigenvalue weighted by molar-refractivity contribution is 5.92. The van der Waals surface area contributed by atoms with E-state index in [1.54, 1.807) is 0 Å². The highest BCUT2D eigenvalue weighted by Gasteiger charge is 2.21. The van der Waals surface area contributed by atoms with E-state index in [-0.39, 0.29) is 17.6 Å². The predicted octanol–water partition coefficient (Wildman–Crippen LogP) is 1.77. The van der Waals surface area contributed by atoms with Crippen LogP contribution in [0.25, 0.3) is 0 Å². The summed E-state index contributed by atoms with van der Waals surface area (Å²) >= 11 is 0. The molecule has 0 aliphatic carbocycles. The van der Waals surface area contributed by atoms with Gasteiger partial charge in [-0.25, -0.2) is 4.39 Å². The third kappa shape index (κ3) is 2.98. The van der Waals surface area contributed by atoms with Crippen LogP contribution in [0.1, 0.15) is 12.8 Å². The molecule has 1 fully saturated rings. The summed E-state index contributed by atoms with van der Waals surface area (Å²) in [5.74, 6) is -0.352. The third-order valence-corrected chi connectivity index (χ3v) is 3.09. The first kappa shape index (κ1) is 12.8. The molecular formula is C13H17FN2O2. The monoisotopic (exact) mass is 252 g/mol. The van der Waals surface area contributed by atoms with Crippen LogP contribution in [0.3, 0.4) is 0 Å². The molecule has 1 aromatic carbocycles. The van der Waals surface area contributed by atoms with Gasteiger partial charge in [0.2, 0.25) is 5.91 Å². The molecule has 0 saturated carbocycles. The van der Waals surface area contributed by atoms with Crippen molar-refractivity contribution in [2.45, 2.75) is 12.8 Å². The molecule has 0 aromatic heterocycles. The molecule has 0 spiro atoms. The molecule has 1 amide bonds. The molecule has 2 rings (SSSR count). The molecule has 0 bridgehead atoms. The number of halogens is 1. The number of carbonyl (C=O) groups is 1. The van der Waals surface area contributed by atoms with Crippen molar-refractivity contribution in [3.8, 4) is 5.75 Å². The lowest BCUT2D eigenvalue weighted by Crippen LogP contribution is -2.37. The highest BCUT2D eigenvalue weighted by atomic mass is 19.1. The van der Waals surface area contributed by atoms with Crippen LogP contribution in [0.5, 0.6) is 5.75 Å². The first-order valence-electron chi connectivity index (χ1n) is 6.06. The van der Waals surface area contributed by atoms with E-state index in [0.29, 0.717) is 12.2 Å². The van der Waals surface area contributed by atoms with E-state index < -0.39 is 5.82 Å². The van der Waals surface area contributed by atoms with Crippen LogP contribution >= 0.6 is 0 Å². The molecule has 1 aromatic rings. The maximum absolute atomic E-state index is 13.2. The van der Waals surface area contributed by atoms with E-state index in [4.69, 9.17) is 4.74 Å². The van der Waals surface area contributed by atoms with Gasteiger partial charge in [0.25, 0.3) is 0 Å². The third-order valence-electron chi connectivity index (χ3n) is 3.09. The second-order valence-electron chi connectivity index (χ2n) is 4.38. The quantitative estimate of drug-likeness (QED) is 0.862. The van der Waals surface area contributed by atoms with E-state index in [9.17, 15) is 9.18 Å². The zero-order chi connectivity index (χ0) is 13.0. The van der Waals surface area contributed by atoms with Crippen LogP contribution in [0.15, 0.2) is 18.2 Å². The molecule has 98 valence electrons. The minimum absolute atomic E-state index is 0.0187. The number of rotatable bonds is 3. The topological polar surface area (TPSA) is 50.4 Å². The van der Waals surface area contributed by atoms with Gasteiger partial charge in [-0.2, -0.15) is 0 Å². The fourth-order valence-electron chi connectivity index (χ4n) is 2.06. The normalized spacial score (nSPS) is 19.3. The number of carbonyl (C=O) groups excluding carboxylic acids is 1.